The average molecular weight is 188 g/mol. The van der Waals surface area contributed by atoms with Crippen LogP contribution in [0.2, 0.25) is 0 Å². The number of nitrogens with two attached hydrogens (primary N) is 1. The van der Waals surface area contributed by atoms with Gasteiger partial charge in [-0.1, -0.05) is 0 Å². The maximum atomic E-state index is 11.6. The van der Waals surface area contributed by atoms with Gasteiger partial charge in [-0.05, 0) is 0 Å². The molecule has 1 heterocycles. The van der Waals surface area contributed by atoms with Gasteiger partial charge in [-0.2, -0.15) is 0 Å². The fourth-order valence-corrected chi connectivity index (χ4v) is 1.27. The largest absolute Gasteiger partial charge is 0.383 e. The molecule has 1 rings (SSSR count). The number of carbonyl (C=O) groups is 1. The highest BCUT2D eigenvalue weighted by Gasteiger charge is 2.22. The molecule has 0 bridgehead atoms. The number of hydrogen-bond donors (Lipinski definition) is 1. The summed E-state index contributed by atoms with van der Waals surface area (Å²) in [7, 11) is 1.53. The molecule has 0 spiro atoms. The van der Waals surface area contributed by atoms with E-state index < -0.39 is 6.04 Å². The summed E-state index contributed by atoms with van der Waals surface area (Å²) in [5.41, 5.74) is 5.60. The Morgan fingerprint density at radius 3 is 2.77 bits per heavy atom. The van der Waals surface area contributed by atoms with Crippen LogP contribution in [0, 0.1) is 0 Å². The van der Waals surface area contributed by atoms with Crippen molar-refractivity contribution < 1.29 is 14.3 Å². The molecule has 5 heteroatoms. The maximum Gasteiger partial charge on any atom is 0.242 e. The van der Waals surface area contributed by atoms with Gasteiger partial charge < -0.3 is 20.1 Å². The van der Waals surface area contributed by atoms with Crippen LogP contribution in [0.1, 0.15) is 0 Å². The number of morpholine rings is 1. The Hall–Kier alpha value is -0.650. The van der Waals surface area contributed by atoms with Crippen molar-refractivity contribution in [3.05, 3.63) is 0 Å². The second-order valence-electron chi connectivity index (χ2n) is 3.00. The molecule has 0 aromatic rings. The molecule has 1 fully saturated rings. The van der Waals surface area contributed by atoms with Gasteiger partial charge in [-0.3, -0.25) is 4.79 Å². The molecule has 1 amide bonds. The molecule has 76 valence electrons. The summed E-state index contributed by atoms with van der Waals surface area (Å²) in [4.78, 5) is 13.3. The lowest BCUT2D eigenvalue weighted by molar-refractivity contribution is -0.137. The van der Waals surface area contributed by atoms with Crippen LogP contribution in [0.5, 0.6) is 0 Å². The fraction of sp³-hybridized carbons (Fsp3) is 0.875. The zero-order valence-electron chi connectivity index (χ0n) is 7.86. The lowest BCUT2D eigenvalue weighted by Gasteiger charge is -2.28. The van der Waals surface area contributed by atoms with E-state index in [0.717, 1.165) is 0 Å². The fourth-order valence-electron chi connectivity index (χ4n) is 1.27. The molecule has 1 aliphatic rings. The zero-order valence-corrected chi connectivity index (χ0v) is 7.86. The Balaban J connectivity index is 2.36. The summed E-state index contributed by atoms with van der Waals surface area (Å²) >= 11 is 0. The number of ether oxygens (including phenoxy) is 2. The summed E-state index contributed by atoms with van der Waals surface area (Å²) < 4.78 is 9.94. The van der Waals surface area contributed by atoms with E-state index in [1.165, 1.54) is 7.11 Å². The molecule has 0 unspecified atom stereocenters. The smallest absolute Gasteiger partial charge is 0.242 e. The van der Waals surface area contributed by atoms with Crippen molar-refractivity contribution in [2.24, 2.45) is 5.73 Å². The summed E-state index contributed by atoms with van der Waals surface area (Å²) in [5, 5.41) is 0. The number of rotatable bonds is 3. The molecule has 0 aliphatic carbocycles. The standard InChI is InChI=1S/C8H16N2O3/c1-12-6-7(9)8(11)10-2-4-13-5-3-10/h7H,2-6,9H2,1H3/t7-/m0/s1. The van der Waals surface area contributed by atoms with Crippen LogP contribution < -0.4 is 5.73 Å². The number of carbonyl (C=O) groups excluding carboxylic acids is 1. The van der Waals surface area contributed by atoms with Gasteiger partial charge in [0.05, 0.1) is 19.8 Å². The average Bonchev–Trinajstić information content (AvgIpc) is 2.18. The van der Waals surface area contributed by atoms with E-state index in [-0.39, 0.29) is 12.5 Å². The highest BCUT2D eigenvalue weighted by Crippen LogP contribution is 1.99. The van der Waals surface area contributed by atoms with Crippen molar-refractivity contribution in [2.75, 3.05) is 40.0 Å². The molecule has 0 aromatic carbocycles. The van der Waals surface area contributed by atoms with Crippen LogP contribution in [0.4, 0.5) is 0 Å². The summed E-state index contributed by atoms with van der Waals surface area (Å²) in [6.45, 7) is 2.75. The molecule has 1 saturated heterocycles. The third-order valence-electron chi connectivity index (χ3n) is 1.99. The quantitative estimate of drug-likeness (QED) is 0.605. The second-order valence-corrected chi connectivity index (χ2v) is 3.00. The monoisotopic (exact) mass is 188 g/mol. The minimum Gasteiger partial charge on any atom is -0.383 e. The Morgan fingerprint density at radius 2 is 2.23 bits per heavy atom. The van der Waals surface area contributed by atoms with Gasteiger partial charge in [0.25, 0.3) is 0 Å². The van der Waals surface area contributed by atoms with Gasteiger partial charge in [0.2, 0.25) is 5.91 Å². The van der Waals surface area contributed by atoms with E-state index >= 15 is 0 Å². The predicted octanol–water partition coefficient (Wildman–Crippen LogP) is -1.18. The lowest BCUT2D eigenvalue weighted by Crippen LogP contribution is -2.50. The minimum absolute atomic E-state index is 0.0508. The van der Waals surface area contributed by atoms with Crippen molar-refractivity contribution in [2.45, 2.75) is 6.04 Å². The molecule has 13 heavy (non-hydrogen) atoms. The van der Waals surface area contributed by atoms with Crippen LogP contribution >= 0.6 is 0 Å². The van der Waals surface area contributed by atoms with Crippen LogP contribution in [0.25, 0.3) is 0 Å². The van der Waals surface area contributed by atoms with Crippen LogP contribution in [0.15, 0.2) is 0 Å². The highest BCUT2D eigenvalue weighted by molar-refractivity contribution is 5.81. The molecule has 1 atom stereocenters. The van der Waals surface area contributed by atoms with Gasteiger partial charge in [0.1, 0.15) is 6.04 Å². The Labute approximate surface area is 77.8 Å². The van der Waals surface area contributed by atoms with Gasteiger partial charge >= 0.3 is 0 Å². The van der Waals surface area contributed by atoms with Crippen molar-refractivity contribution in [3.8, 4) is 0 Å². The Kier molecular flexibility index (Phi) is 4.14. The Morgan fingerprint density at radius 1 is 1.62 bits per heavy atom. The molecule has 2 N–H and O–H groups in total. The van der Waals surface area contributed by atoms with Crippen molar-refractivity contribution in [1.82, 2.24) is 4.90 Å². The molecular weight excluding hydrogens is 172 g/mol. The first-order chi connectivity index (χ1) is 6.25. The number of hydrogen-bond acceptors (Lipinski definition) is 4. The summed E-state index contributed by atoms with van der Waals surface area (Å²) in [6, 6.07) is -0.539. The number of amides is 1. The van der Waals surface area contributed by atoms with E-state index in [0.29, 0.717) is 26.3 Å². The minimum atomic E-state index is -0.539. The van der Waals surface area contributed by atoms with Gasteiger partial charge in [0, 0.05) is 20.2 Å². The summed E-state index contributed by atoms with van der Waals surface area (Å²) in [6.07, 6.45) is 0. The van der Waals surface area contributed by atoms with E-state index in [4.69, 9.17) is 15.2 Å². The summed E-state index contributed by atoms with van der Waals surface area (Å²) in [5.74, 6) is -0.0508. The third kappa shape index (κ3) is 2.95. The van der Waals surface area contributed by atoms with E-state index in [2.05, 4.69) is 0 Å². The first-order valence-electron chi connectivity index (χ1n) is 4.36. The molecule has 1 aliphatic heterocycles. The number of nitrogens with zero attached hydrogens (tertiary/aromatic N) is 1. The van der Waals surface area contributed by atoms with Crippen molar-refractivity contribution in [1.29, 1.82) is 0 Å². The zero-order chi connectivity index (χ0) is 9.68. The van der Waals surface area contributed by atoms with Crippen LogP contribution in [0.3, 0.4) is 0 Å². The Bertz CT molecular complexity index is 169. The van der Waals surface area contributed by atoms with Gasteiger partial charge in [-0.15, -0.1) is 0 Å². The highest BCUT2D eigenvalue weighted by atomic mass is 16.5. The third-order valence-corrected chi connectivity index (χ3v) is 1.99. The van der Waals surface area contributed by atoms with E-state index in [1.807, 2.05) is 0 Å². The van der Waals surface area contributed by atoms with Gasteiger partial charge in [-0.25, -0.2) is 0 Å². The normalized spacial score (nSPS) is 20.0. The molecule has 0 radical (unpaired) electrons. The van der Waals surface area contributed by atoms with Crippen LogP contribution in [-0.2, 0) is 14.3 Å². The van der Waals surface area contributed by atoms with Gasteiger partial charge in [0.15, 0.2) is 0 Å². The second kappa shape index (κ2) is 5.16. The van der Waals surface area contributed by atoms with Crippen LogP contribution in [-0.4, -0.2) is 56.9 Å². The predicted molar refractivity (Wildman–Crippen MR) is 47.3 cm³/mol. The molecule has 0 saturated carbocycles. The molecular formula is C8H16N2O3. The van der Waals surface area contributed by atoms with Crippen molar-refractivity contribution in [3.63, 3.8) is 0 Å². The first kappa shape index (κ1) is 10.4. The van der Waals surface area contributed by atoms with E-state index in [1.54, 1.807) is 4.90 Å². The number of methoxy groups -OCH3 is 1. The van der Waals surface area contributed by atoms with E-state index in [9.17, 15) is 4.79 Å². The molecule has 5 nitrogen and oxygen atoms in total. The molecule has 0 aromatic heterocycles. The maximum absolute atomic E-state index is 11.6. The first-order valence-corrected chi connectivity index (χ1v) is 4.36. The lowest BCUT2D eigenvalue weighted by atomic mass is 10.2. The topological polar surface area (TPSA) is 64.8 Å². The van der Waals surface area contributed by atoms with Crippen molar-refractivity contribution >= 4 is 5.91 Å². The SMILES string of the molecule is COC[C@H](N)C(=O)N1CCOCC1.